The van der Waals surface area contributed by atoms with Crippen LogP contribution < -0.4 is 31.6 Å². The van der Waals surface area contributed by atoms with Gasteiger partial charge in [0.15, 0.2) is 18.9 Å². The number of carbonyl (C=O) groups is 1. The van der Waals surface area contributed by atoms with Crippen molar-refractivity contribution in [1.29, 1.82) is 0 Å². The van der Waals surface area contributed by atoms with Gasteiger partial charge >= 0.3 is 0 Å². The number of rotatable bonds is 19. The predicted octanol–water partition coefficient (Wildman–Crippen LogP) is 5.33. The number of aromatic nitrogens is 1. The van der Waals surface area contributed by atoms with Crippen LogP contribution in [0.1, 0.15) is 96.0 Å². The number of amides is 1. The summed E-state index contributed by atoms with van der Waals surface area (Å²) in [6.07, 6.45) is 29.0. The molecule has 2 aromatic rings. The molecule has 1 unspecified atom stereocenters. The quantitative estimate of drug-likeness (QED) is 0.168. The van der Waals surface area contributed by atoms with E-state index in [1.807, 2.05) is 60.9 Å². The van der Waals surface area contributed by atoms with E-state index in [-0.39, 0.29) is 29.3 Å². The third-order valence-corrected chi connectivity index (χ3v) is 7.72. The molecule has 1 aliphatic rings. The van der Waals surface area contributed by atoms with Crippen LogP contribution in [0.15, 0.2) is 73.1 Å². The van der Waals surface area contributed by atoms with Crippen LogP contribution in [0, 0.1) is 0 Å². The lowest BCUT2D eigenvalue weighted by atomic mass is 9.90. The summed E-state index contributed by atoms with van der Waals surface area (Å²) < 4.78 is 8.23. The molecule has 0 spiro atoms. The maximum atomic E-state index is 13.3. The number of para-hydroxylation sites is 1. The first-order valence-corrected chi connectivity index (χ1v) is 15.5. The minimum atomic E-state index is -0.466. The van der Waals surface area contributed by atoms with E-state index in [4.69, 9.17) is 16.3 Å². The molecule has 0 saturated carbocycles. The number of benzene rings is 1. The Morgan fingerprint density at radius 1 is 0.900 bits per heavy atom. The number of carbonyl (C=O) groups excluding carboxylic acids is 1. The third-order valence-electron chi connectivity index (χ3n) is 7.42. The van der Waals surface area contributed by atoms with Crippen molar-refractivity contribution in [2.75, 3.05) is 6.61 Å². The maximum Gasteiger partial charge on any atom is 0.225 e. The third kappa shape index (κ3) is 12.6. The van der Waals surface area contributed by atoms with E-state index in [0.29, 0.717) is 23.9 Å². The Bertz CT molecular complexity index is 1040. The van der Waals surface area contributed by atoms with Crippen LogP contribution in [0.2, 0.25) is 5.02 Å². The van der Waals surface area contributed by atoms with Crippen LogP contribution in [-0.4, -0.2) is 18.1 Å². The van der Waals surface area contributed by atoms with Gasteiger partial charge in [-0.3, -0.25) is 4.79 Å². The molecule has 1 heterocycles. The number of halogens is 2. The van der Waals surface area contributed by atoms with E-state index in [9.17, 15) is 4.79 Å². The van der Waals surface area contributed by atoms with Gasteiger partial charge in [0, 0.05) is 17.7 Å². The molecule has 6 heteroatoms. The van der Waals surface area contributed by atoms with E-state index in [1.54, 1.807) is 0 Å². The summed E-state index contributed by atoms with van der Waals surface area (Å²) in [5.41, 5.74) is 0.365. The number of ether oxygens (including phenoxy) is 1. The van der Waals surface area contributed by atoms with Gasteiger partial charge in [-0.1, -0.05) is 132 Å². The normalized spacial score (nSPS) is 15.9. The highest BCUT2D eigenvalue weighted by molar-refractivity contribution is 6.32. The molecule has 1 aliphatic carbocycles. The molecule has 0 aliphatic heterocycles. The molecule has 1 atom stereocenters. The van der Waals surface area contributed by atoms with Gasteiger partial charge in [-0.15, -0.1) is 0 Å². The van der Waals surface area contributed by atoms with Crippen molar-refractivity contribution < 1.29 is 31.1 Å². The summed E-state index contributed by atoms with van der Waals surface area (Å²) in [5, 5.41) is 3.86. The van der Waals surface area contributed by atoms with Crippen molar-refractivity contribution in [1.82, 2.24) is 5.32 Å². The highest BCUT2D eigenvalue weighted by Gasteiger charge is 2.33. The summed E-state index contributed by atoms with van der Waals surface area (Å²) in [7, 11) is 0. The lowest BCUT2D eigenvalue weighted by Crippen LogP contribution is -3.00. The number of pyridine rings is 1. The average Bonchev–Trinajstić information content (AvgIpc) is 2.93. The van der Waals surface area contributed by atoms with Crippen molar-refractivity contribution in [2.45, 2.75) is 109 Å². The Morgan fingerprint density at radius 2 is 1.55 bits per heavy atom. The Hall–Kier alpha value is -2.11. The number of nitrogens with one attached hydrogen (secondary N) is 1. The van der Waals surface area contributed by atoms with Crippen molar-refractivity contribution in [3.8, 4) is 5.75 Å². The van der Waals surface area contributed by atoms with Gasteiger partial charge in [-0.05, 0) is 18.9 Å². The lowest BCUT2D eigenvalue weighted by molar-refractivity contribution is -0.703. The van der Waals surface area contributed by atoms with Crippen molar-refractivity contribution in [2.24, 2.45) is 0 Å². The zero-order valence-corrected chi connectivity index (χ0v) is 26.6. The van der Waals surface area contributed by atoms with Crippen LogP contribution in [0.5, 0.6) is 5.75 Å². The second-order valence-electron chi connectivity index (χ2n) is 10.9. The fourth-order valence-corrected chi connectivity index (χ4v) is 5.49. The van der Waals surface area contributed by atoms with E-state index in [0.717, 1.165) is 24.8 Å². The standard InChI is InChI=1S/C34H47ClN2O2.BrH/c1-2-3-4-5-6-7-8-9-10-11-12-19-27-39-33-30(21-20-22-31(33)35)28-32(38)36-34(23-15-13-16-24-34)29-37-25-17-14-18-26-37;/h13-18,20-23,25-26H,2-12,19,24,27-29H2,1H3;1H. The molecule has 0 radical (unpaired) electrons. The SMILES string of the molecule is CCCCCCCCCCCCCCOc1c(Cl)cccc1CC(=O)NC1(C[n+]2ccccc2)C=CC=CC1.[Br-]. The van der Waals surface area contributed by atoms with Crippen molar-refractivity contribution in [3.63, 3.8) is 0 Å². The first kappa shape index (κ1) is 34.1. The van der Waals surface area contributed by atoms with Gasteiger partial charge in [-0.2, -0.15) is 0 Å². The summed E-state index contributed by atoms with van der Waals surface area (Å²) in [6.45, 7) is 3.56. The number of hydrogen-bond donors (Lipinski definition) is 1. The molecule has 1 aromatic carbocycles. The first-order valence-electron chi connectivity index (χ1n) is 15.1. The molecule has 1 aromatic heterocycles. The smallest absolute Gasteiger partial charge is 0.225 e. The fourth-order valence-electron chi connectivity index (χ4n) is 5.25. The summed E-state index contributed by atoms with van der Waals surface area (Å²) in [4.78, 5) is 13.3. The molecular formula is C34H48BrClN2O2. The molecule has 0 saturated heterocycles. The molecule has 1 amide bonds. The highest BCUT2D eigenvalue weighted by atomic mass is 79.9. The zero-order valence-electron chi connectivity index (χ0n) is 24.3. The van der Waals surface area contributed by atoms with Crippen LogP contribution in [-0.2, 0) is 17.8 Å². The molecule has 0 bridgehead atoms. The van der Waals surface area contributed by atoms with Crippen LogP contribution in [0.4, 0.5) is 0 Å². The van der Waals surface area contributed by atoms with Gasteiger partial charge in [0.1, 0.15) is 11.3 Å². The Balaban J connectivity index is 0.00000560. The van der Waals surface area contributed by atoms with Crippen molar-refractivity contribution >= 4 is 17.5 Å². The summed E-state index contributed by atoms with van der Waals surface area (Å²) >= 11 is 6.51. The maximum absolute atomic E-state index is 13.3. The minimum Gasteiger partial charge on any atom is -1.00 e. The Kier molecular flexibility index (Phi) is 16.9. The second-order valence-corrected chi connectivity index (χ2v) is 11.3. The topological polar surface area (TPSA) is 42.2 Å². The first-order chi connectivity index (χ1) is 19.1. The minimum absolute atomic E-state index is 0. The molecular weight excluding hydrogens is 584 g/mol. The number of nitrogens with zero attached hydrogens (tertiary/aromatic N) is 1. The number of hydrogen-bond acceptors (Lipinski definition) is 2. The van der Waals surface area contributed by atoms with E-state index in [1.165, 1.54) is 64.2 Å². The summed E-state index contributed by atoms with van der Waals surface area (Å²) in [6, 6.07) is 11.7. The molecule has 220 valence electrons. The Labute approximate surface area is 258 Å². The zero-order chi connectivity index (χ0) is 27.6. The van der Waals surface area contributed by atoms with Crippen LogP contribution in [0.25, 0.3) is 0 Å². The molecule has 40 heavy (non-hydrogen) atoms. The van der Waals surface area contributed by atoms with E-state index < -0.39 is 5.54 Å². The number of allylic oxidation sites excluding steroid dienone is 2. The fraction of sp³-hybridized carbons (Fsp3) is 0.529. The second kappa shape index (κ2) is 19.9. The highest BCUT2D eigenvalue weighted by Crippen LogP contribution is 2.30. The summed E-state index contributed by atoms with van der Waals surface area (Å²) in [5.74, 6) is 0.604. The van der Waals surface area contributed by atoms with Gasteiger partial charge in [0.05, 0.1) is 18.1 Å². The predicted molar refractivity (Wildman–Crippen MR) is 162 cm³/mol. The van der Waals surface area contributed by atoms with Crippen LogP contribution in [0.3, 0.4) is 0 Å². The molecule has 4 nitrogen and oxygen atoms in total. The molecule has 1 N–H and O–H groups in total. The average molecular weight is 632 g/mol. The molecule has 3 rings (SSSR count). The lowest BCUT2D eigenvalue weighted by Gasteiger charge is -2.29. The Morgan fingerprint density at radius 3 is 2.17 bits per heavy atom. The van der Waals surface area contributed by atoms with Gasteiger partial charge < -0.3 is 27.0 Å². The number of unbranched alkanes of at least 4 members (excludes halogenated alkanes) is 11. The van der Waals surface area contributed by atoms with Gasteiger partial charge in [0.2, 0.25) is 5.91 Å². The van der Waals surface area contributed by atoms with Gasteiger partial charge in [0.25, 0.3) is 0 Å². The van der Waals surface area contributed by atoms with Gasteiger partial charge in [-0.25, -0.2) is 4.57 Å². The van der Waals surface area contributed by atoms with Crippen molar-refractivity contribution in [3.05, 3.63) is 83.7 Å². The van der Waals surface area contributed by atoms with Crippen LogP contribution >= 0.6 is 11.6 Å². The monoisotopic (exact) mass is 630 g/mol. The van der Waals surface area contributed by atoms with E-state index in [2.05, 4.69) is 29.0 Å². The molecule has 0 fully saturated rings. The van der Waals surface area contributed by atoms with E-state index >= 15 is 0 Å². The largest absolute Gasteiger partial charge is 1.00 e.